The number of carbonyl (C=O) groups excluding carboxylic acids is 2. The van der Waals surface area contributed by atoms with Crippen LogP contribution in [0.3, 0.4) is 0 Å². The van der Waals surface area contributed by atoms with Crippen molar-refractivity contribution in [2.45, 2.75) is 103 Å². The number of esters is 2. The maximum atomic E-state index is 13.7. The molecule has 0 spiro atoms. The van der Waals surface area contributed by atoms with Gasteiger partial charge in [0.2, 0.25) is 0 Å². The van der Waals surface area contributed by atoms with E-state index in [0.29, 0.717) is 25.7 Å². The summed E-state index contributed by atoms with van der Waals surface area (Å²) in [5, 5.41) is 15.0. The van der Waals surface area contributed by atoms with E-state index in [-0.39, 0.29) is 17.4 Å². The highest BCUT2D eigenvalue weighted by atomic mass is 16.5. The van der Waals surface area contributed by atoms with Crippen molar-refractivity contribution in [3.63, 3.8) is 0 Å². The van der Waals surface area contributed by atoms with Crippen LogP contribution in [0.1, 0.15) is 103 Å². The summed E-state index contributed by atoms with van der Waals surface area (Å²) in [6.45, 7) is 23.6. The van der Waals surface area contributed by atoms with Crippen molar-refractivity contribution in [3.05, 3.63) is 181 Å². The Bertz CT molecular complexity index is 3530. The van der Waals surface area contributed by atoms with Crippen LogP contribution >= 0.6 is 0 Å². The third-order valence-corrected chi connectivity index (χ3v) is 15.7. The van der Waals surface area contributed by atoms with Gasteiger partial charge < -0.3 is 9.47 Å². The number of carbonyl (C=O) groups is 2. The molecule has 0 aromatic heterocycles. The van der Waals surface area contributed by atoms with E-state index in [1.807, 2.05) is 0 Å². The molecule has 0 heterocycles. The Morgan fingerprint density at radius 3 is 1.38 bits per heavy atom. The van der Waals surface area contributed by atoms with Crippen molar-refractivity contribution in [2.24, 2.45) is 0 Å². The normalized spacial score (nSPS) is 13.9. The minimum absolute atomic E-state index is 0.0231. The fraction of sp³-hybridized carbons (Fsp3) is 0.254. The molecule has 4 nitrogen and oxygen atoms in total. The zero-order valence-corrected chi connectivity index (χ0v) is 42.2. The van der Waals surface area contributed by atoms with Crippen molar-refractivity contribution >= 4 is 76.6 Å². The van der Waals surface area contributed by atoms with Gasteiger partial charge in [0.25, 0.3) is 0 Å². The fourth-order valence-corrected chi connectivity index (χ4v) is 12.2. The molecule has 0 N–H and O–H groups in total. The average molecular weight is 931 g/mol. The molecule has 1 unspecified atom stereocenters. The largest absolute Gasteiger partial charge is 0.463 e. The van der Waals surface area contributed by atoms with Gasteiger partial charge in [0, 0.05) is 12.2 Å². The number of fused-ring (bicyclic) bond motifs is 3. The Labute approximate surface area is 417 Å². The minimum atomic E-state index is -0.756. The van der Waals surface area contributed by atoms with Gasteiger partial charge in [-0.25, -0.2) is 9.59 Å². The first kappa shape index (κ1) is 46.1. The van der Waals surface area contributed by atoms with Crippen LogP contribution in [0.5, 0.6) is 0 Å². The molecule has 0 bridgehead atoms. The predicted molar refractivity (Wildman–Crippen MR) is 298 cm³/mol. The summed E-state index contributed by atoms with van der Waals surface area (Å²) in [4.78, 5) is 25.9. The van der Waals surface area contributed by atoms with Crippen molar-refractivity contribution < 1.29 is 19.1 Å². The Morgan fingerprint density at radius 1 is 0.521 bits per heavy atom. The monoisotopic (exact) mass is 930 g/mol. The number of ether oxygens (including phenoxy) is 2. The molecule has 0 fully saturated rings. The maximum Gasteiger partial charge on any atom is 0.330 e. The van der Waals surface area contributed by atoms with Crippen LogP contribution in [0.25, 0.3) is 98.0 Å². The molecule has 0 saturated heterocycles. The molecule has 1 atom stereocenters. The predicted octanol–water partition coefficient (Wildman–Crippen LogP) is 17.5. The van der Waals surface area contributed by atoms with E-state index in [1.165, 1.54) is 87.9 Å². The third-order valence-electron chi connectivity index (χ3n) is 15.7. The van der Waals surface area contributed by atoms with Crippen LogP contribution < -0.4 is 0 Å². The molecule has 0 saturated carbocycles. The Hall–Kier alpha value is -7.30. The smallest absolute Gasteiger partial charge is 0.330 e. The van der Waals surface area contributed by atoms with Crippen molar-refractivity contribution in [3.8, 4) is 33.4 Å². The van der Waals surface area contributed by atoms with Crippen molar-refractivity contribution in [1.82, 2.24) is 0 Å². The van der Waals surface area contributed by atoms with Crippen molar-refractivity contribution in [1.29, 1.82) is 0 Å². The summed E-state index contributed by atoms with van der Waals surface area (Å²) in [5.74, 6) is -0.868. The first-order valence-corrected chi connectivity index (χ1v) is 25.5. The molecule has 0 aliphatic heterocycles. The molecule has 10 aromatic carbocycles. The highest BCUT2D eigenvalue weighted by Crippen LogP contribution is 2.57. The van der Waals surface area contributed by atoms with Gasteiger partial charge in [-0.05, 0) is 169 Å². The van der Waals surface area contributed by atoms with Crippen LogP contribution in [0.4, 0.5) is 0 Å². The lowest BCUT2D eigenvalue weighted by Gasteiger charge is -2.39. The molecule has 354 valence electrons. The maximum absolute atomic E-state index is 13.7. The molecular formula is C67H62O4. The quantitative estimate of drug-likeness (QED) is 0.0500. The molecule has 71 heavy (non-hydrogen) atoms. The van der Waals surface area contributed by atoms with Gasteiger partial charge in [-0.15, -0.1) is 0 Å². The second-order valence-corrected chi connectivity index (χ2v) is 22.1. The van der Waals surface area contributed by atoms with E-state index < -0.39 is 23.5 Å². The Balaban J connectivity index is 1.12. The lowest BCUT2D eigenvalue weighted by Crippen LogP contribution is -2.42. The zero-order valence-electron chi connectivity index (χ0n) is 42.2. The van der Waals surface area contributed by atoms with Crippen molar-refractivity contribution in [2.75, 3.05) is 6.61 Å². The number of benzene rings is 10. The summed E-state index contributed by atoms with van der Waals surface area (Å²) in [6, 6.07) is 50.8. The molecule has 4 heteroatoms. The van der Waals surface area contributed by atoms with Gasteiger partial charge in [0.1, 0.15) is 6.10 Å². The summed E-state index contributed by atoms with van der Waals surface area (Å²) in [7, 11) is 0. The number of unbranched alkanes of at least 4 members (excludes halogenated alkanes) is 1. The van der Waals surface area contributed by atoms with Crippen LogP contribution in [-0.2, 0) is 35.3 Å². The summed E-state index contributed by atoms with van der Waals surface area (Å²) in [6.07, 6.45) is 5.44. The average Bonchev–Trinajstić information content (AvgIpc) is 3.64. The van der Waals surface area contributed by atoms with Crippen LogP contribution in [0.15, 0.2) is 159 Å². The summed E-state index contributed by atoms with van der Waals surface area (Å²) >= 11 is 0. The zero-order chi connectivity index (χ0) is 49.6. The van der Waals surface area contributed by atoms with E-state index in [2.05, 4.69) is 195 Å². The second-order valence-electron chi connectivity index (χ2n) is 22.1. The van der Waals surface area contributed by atoms with E-state index in [9.17, 15) is 9.59 Å². The number of hydrogen-bond donors (Lipinski definition) is 0. The van der Waals surface area contributed by atoms with Gasteiger partial charge in [0.15, 0.2) is 0 Å². The van der Waals surface area contributed by atoms with E-state index in [1.54, 1.807) is 0 Å². The van der Waals surface area contributed by atoms with Crippen LogP contribution in [0.2, 0.25) is 0 Å². The minimum Gasteiger partial charge on any atom is -0.463 e. The SMILES string of the molecule is C=CC(=O)OCCCCC1(C(CCC)OC(=O)C=C)c2cc(-c3ccc4ccc5cc(C(C)(C)C)cc6ccc3c4c56)ccc2-c2ccc(-c3ccc4ccc5cc(C(C)(C)C)cc6ccc3c4c56)cc21. The first-order chi connectivity index (χ1) is 34.1. The number of hydrogen-bond acceptors (Lipinski definition) is 4. The van der Waals surface area contributed by atoms with Gasteiger partial charge in [-0.2, -0.15) is 0 Å². The van der Waals surface area contributed by atoms with Gasteiger partial charge in [-0.1, -0.05) is 189 Å². The molecular weight excluding hydrogens is 869 g/mol. The fourth-order valence-electron chi connectivity index (χ4n) is 12.2. The highest BCUT2D eigenvalue weighted by molar-refractivity contribution is 6.27. The lowest BCUT2D eigenvalue weighted by atomic mass is 9.68. The van der Waals surface area contributed by atoms with Gasteiger partial charge in [0.05, 0.1) is 12.0 Å². The molecule has 1 aliphatic rings. The first-order valence-electron chi connectivity index (χ1n) is 25.5. The molecule has 11 rings (SSSR count). The summed E-state index contributed by atoms with van der Waals surface area (Å²) in [5.41, 5.74) is 11.1. The van der Waals surface area contributed by atoms with Crippen LogP contribution in [-0.4, -0.2) is 24.6 Å². The highest BCUT2D eigenvalue weighted by Gasteiger charge is 2.50. The lowest BCUT2D eigenvalue weighted by molar-refractivity contribution is -0.146. The summed E-state index contributed by atoms with van der Waals surface area (Å²) < 4.78 is 12.2. The van der Waals surface area contributed by atoms with E-state index in [4.69, 9.17) is 9.47 Å². The van der Waals surface area contributed by atoms with Gasteiger partial charge >= 0.3 is 11.9 Å². The number of rotatable bonds is 13. The standard InChI is InChI=1S/C67H62O4/c1-10-15-58(71-60(69)12-3)67(32-13-14-33-70-59(68)11-2)56-38-42(50-26-20-40-16-18-44-34-48(65(4,5)6)36-46-24-30-54(50)63(40)61(44)46)22-28-52(56)53-29-23-43(39-57(53)67)51-27-21-41-17-19-45-35-49(66(7,8)9)37-47-25-31-55(51)64(41)62(45)47/h11-12,16-31,34-39,58H,2-3,10,13-15,32-33H2,1,4-9H3. The van der Waals surface area contributed by atoms with Crippen LogP contribution in [0, 0.1) is 0 Å². The van der Waals surface area contributed by atoms with E-state index >= 15 is 0 Å². The third kappa shape index (κ3) is 7.57. The topological polar surface area (TPSA) is 52.6 Å². The van der Waals surface area contributed by atoms with E-state index in [0.717, 1.165) is 50.9 Å². The molecule has 1 aliphatic carbocycles. The Morgan fingerprint density at radius 2 is 0.944 bits per heavy atom. The molecule has 0 radical (unpaired) electrons. The molecule has 0 amide bonds. The van der Waals surface area contributed by atoms with Gasteiger partial charge in [-0.3, -0.25) is 0 Å². The molecule has 10 aromatic rings. The second kappa shape index (κ2) is 17.2. The Kier molecular flexibility index (Phi) is 11.2.